The number of halogens is 1. The molecule has 0 fully saturated rings. The van der Waals surface area contributed by atoms with Gasteiger partial charge in [0.1, 0.15) is 17.1 Å². The maximum Gasteiger partial charge on any atom is 0.310 e. The summed E-state index contributed by atoms with van der Waals surface area (Å²) >= 11 is 6.54. The van der Waals surface area contributed by atoms with Crippen molar-refractivity contribution in [2.24, 2.45) is 0 Å². The van der Waals surface area contributed by atoms with Crippen LogP contribution >= 0.6 is 11.6 Å². The molecule has 4 aromatic rings. The van der Waals surface area contributed by atoms with Crippen molar-refractivity contribution in [3.63, 3.8) is 0 Å². The topological polar surface area (TPSA) is 81.7 Å². The highest BCUT2D eigenvalue weighted by Gasteiger charge is 2.17. The molecular formula is C32H32ClNO5S. The van der Waals surface area contributed by atoms with E-state index in [1.54, 1.807) is 36.4 Å². The maximum absolute atomic E-state index is 12.7. The van der Waals surface area contributed by atoms with Crippen molar-refractivity contribution >= 4 is 27.6 Å². The van der Waals surface area contributed by atoms with Gasteiger partial charge in [-0.3, -0.25) is 4.79 Å². The van der Waals surface area contributed by atoms with Crippen LogP contribution in [-0.4, -0.2) is 20.0 Å². The molecule has 0 aliphatic rings. The average Bonchev–Trinajstić information content (AvgIpc) is 2.88. The van der Waals surface area contributed by atoms with E-state index < -0.39 is 15.6 Å². The Kier molecular flexibility index (Phi) is 9.30. The highest BCUT2D eigenvalue weighted by molar-refractivity contribution is 7.88. The number of carbonyl (C=O) groups is 1. The molecule has 4 rings (SSSR count). The second-order valence-corrected chi connectivity index (χ2v) is 12.6. The minimum atomic E-state index is -3.61. The molecule has 0 spiro atoms. The van der Waals surface area contributed by atoms with Gasteiger partial charge in [-0.2, -0.15) is 0 Å². The maximum atomic E-state index is 12.7. The van der Waals surface area contributed by atoms with Gasteiger partial charge in [-0.05, 0) is 73.4 Å². The van der Waals surface area contributed by atoms with Crippen molar-refractivity contribution in [1.82, 2.24) is 4.72 Å². The Bertz CT molecular complexity index is 1550. The van der Waals surface area contributed by atoms with Gasteiger partial charge >= 0.3 is 5.97 Å². The molecule has 40 heavy (non-hydrogen) atoms. The number of para-hydroxylation sites is 1. The van der Waals surface area contributed by atoms with E-state index in [-0.39, 0.29) is 24.7 Å². The zero-order chi connectivity index (χ0) is 28.8. The first-order valence-electron chi connectivity index (χ1n) is 12.8. The third-order valence-corrected chi connectivity index (χ3v) is 7.43. The van der Waals surface area contributed by atoms with Gasteiger partial charge in [0.2, 0.25) is 10.0 Å². The number of esters is 1. The molecule has 0 aliphatic carbocycles. The van der Waals surface area contributed by atoms with Crippen LogP contribution in [0.2, 0.25) is 5.02 Å². The van der Waals surface area contributed by atoms with Crippen LogP contribution in [0.5, 0.6) is 11.5 Å². The smallest absolute Gasteiger partial charge is 0.310 e. The lowest BCUT2D eigenvalue weighted by atomic mass is 10.0. The monoisotopic (exact) mass is 577 g/mol. The van der Waals surface area contributed by atoms with Crippen LogP contribution in [-0.2, 0) is 38.3 Å². The third-order valence-electron chi connectivity index (χ3n) is 5.82. The largest absolute Gasteiger partial charge is 0.460 e. The molecule has 0 unspecified atom stereocenters. The third kappa shape index (κ3) is 8.95. The van der Waals surface area contributed by atoms with Crippen LogP contribution in [0.15, 0.2) is 97.1 Å². The molecule has 1 N–H and O–H groups in total. The van der Waals surface area contributed by atoms with Crippen LogP contribution < -0.4 is 9.46 Å². The van der Waals surface area contributed by atoms with Crippen LogP contribution in [0.4, 0.5) is 0 Å². The Balaban J connectivity index is 1.32. The Hall–Kier alpha value is -3.65. The molecule has 0 heterocycles. The Morgan fingerprint density at radius 2 is 1.40 bits per heavy atom. The summed E-state index contributed by atoms with van der Waals surface area (Å²) in [5.74, 6) is 0.952. The lowest BCUT2D eigenvalue weighted by Gasteiger charge is -2.19. The second-order valence-electron chi connectivity index (χ2n) is 10.4. The molecule has 0 amide bonds. The van der Waals surface area contributed by atoms with Gasteiger partial charge in [0.25, 0.3) is 0 Å². The van der Waals surface area contributed by atoms with Crippen molar-refractivity contribution in [2.45, 2.75) is 45.1 Å². The van der Waals surface area contributed by atoms with Gasteiger partial charge in [0.15, 0.2) is 0 Å². The summed E-state index contributed by atoms with van der Waals surface area (Å²) in [7, 11) is -3.61. The summed E-state index contributed by atoms with van der Waals surface area (Å²) in [5.41, 5.74) is 3.32. The summed E-state index contributed by atoms with van der Waals surface area (Å²) in [6.07, 6.45) is 0.158. The Labute approximate surface area is 241 Å². The lowest BCUT2D eigenvalue weighted by molar-refractivity contribution is -0.153. The standard InChI is InChI=1S/C32H32ClNO5S/c1-32(2,3)39-31(35)20-23-9-11-24(12-10-23)21-34-40(36,37)22-25-13-18-29(30(33)19-25)26-14-16-28(17-15-26)38-27-7-5-4-6-8-27/h4-19,34H,20-22H2,1-3H3. The van der Waals surface area contributed by atoms with E-state index in [4.69, 9.17) is 21.1 Å². The molecule has 0 radical (unpaired) electrons. The molecule has 0 bridgehead atoms. The molecule has 4 aromatic carbocycles. The number of hydrogen-bond acceptors (Lipinski definition) is 5. The Morgan fingerprint density at radius 3 is 2.02 bits per heavy atom. The fourth-order valence-corrected chi connectivity index (χ4v) is 5.41. The molecule has 0 saturated heterocycles. The first-order valence-corrected chi connectivity index (χ1v) is 14.9. The van der Waals surface area contributed by atoms with E-state index in [1.807, 2.05) is 81.4 Å². The van der Waals surface area contributed by atoms with E-state index in [0.717, 1.165) is 28.0 Å². The van der Waals surface area contributed by atoms with Gasteiger partial charge in [-0.25, -0.2) is 13.1 Å². The van der Waals surface area contributed by atoms with Gasteiger partial charge in [0.05, 0.1) is 12.2 Å². The van der Waals surface area contributed by atoms with E-state index in [2.05, 4.69) is 4.72 Å². The average molecular weight is 578 g/mol. The quantitative estimate of drug-likeness (QED) is 0.200. The molecule has 0 saturated carbocycles. The number of sulfonamides is 1. The number of benzene rings is 4. The van der Waals surface area contributed by atoms with Crippen molar-refractivity contribution in [1.29, 1.82) is 0 Å². The molecule has 6 nitrogen and oxygen atoms in total. The number of nitrogens with one attached hydrogen (secondary N) is 1. The van der Waals surface area contributed by atoms with Gasteiger partial charge in [-0.15, -0.1) is 0 Å². The lowest BCUT2D eigenvalue weighted by Crippen LogP contribution is -2.25. The highest BCUT2D eigenvalue weighted by atomic mass is 35.5. The summed E-state index contributed by atoms with van der Waals surface area (Å²) in [4.78, 5) is 12.0. The molecule has 0 atom stereocenters. The van der Waals surface area contributed by atoms with Crippen LogP contribution in [0.3, 0.4) is 0 Å². The summed E-state index contributed by atoms with van der Waals surface area (Å²) in [5, 5.41) is 0.463. The minimum absolute atomic E-state index is 0.137. The van der Waals surface area contributed by atoms with Crippen molar-refractivity contribution in [3.05, 3.63) is 119 Å². The molecule has 0 aliphatic heterocycles. The van der Waals surface area contributed by atoms with Gasteiger partial charge < -0.3 is 9.47 Å². The zero-order valence-electron chi connectivity index (χ0n) is 22.7. The number of ether oxygens (including phenoxy) is 2. The van der Waals surface area contributed by atoms with E-state index in [9.17, 15) is 13.2 Å². The first-order chi connectivity index (χ1) is 19.0. The number of carbonyl (C=O) groups excluding carboxylic acids is 1. The minimum Gasteiger partial charge on any atom is -0.460 e. The van der Waals surface area contributed by atoms with Crippen molar-refractivity contribution < 1.29 is 22.7 Å². The predicted octanol–water partition coefficient (Wildman–Crippen LogP) is 7.30. The number of rotatable bonds is 10. The van der Waals surface area contributed by atoms with E-state index in [1.165, 1.54) is 0 Å². The fourth-order valence-electron chi connectivity index (χ4n) is 3.99. The van der Waals surface area contributed by atoms with Crippen LogP contribution in [0, 0.1) is 0 Å². The molecule has 8 heteroatoms. The highest BCUT2D eigenvalue weighted by Crippen LogP contribution is 2.31. The van der Waals surface area contributed by atoms with E-state index in [0.29, 0.717) is 16.3 Å². The zero-order valence-corrected chi connectivity index (χ0v) is 24.3. The van der Waals surface area contributed by atoms with E-state index >= 15 is 0 Å². The van der Waals surface area contributed by atoms with Crippen molar-refractivity contribution in [2.75, 3.05) is 0 Å². The number of hydrogen-bond donors (Lipinski definition) is 1. The Morgan fingerprint density at radius 1 is 0.800 bits per heavy atom. The second kappa shape index (κ2) is 12.7. The summed E-state index contributed by atoms with van der Waals surface area (Å²) in [6, 6.07) is 29.5. The normalized spacial score (nSPS) is 11.7. The van der Waals surface area contributed by atoms with Crippen LogP contribution in [0.1, 0.15) is 37.5 Å². The first kappa shape index (κ1) is 29.3. The molecule has 0 aromatic heterocycles. The van der Waals surface area contributed by atoms with Gasteiger partial charge in [0, 0.05) is 17.1 Å². The summed E-state index contributed by atoms with van der Waals surface area (Å²) < 4.78 is 39.3. The van der Waals surface area contributed by atoms with Crippen LogP contribution in [0.25, 0.3) is 11.1 Å². The fraction of sp³-hybridized carbons (Fsp3) is 0.219. The molecular weight excluding hydrogens is 546 g/mol. The SMILES string of the molecule is CC(C)(C)OC(=O)Cc1ccc(CNS(=O)(=O)Cc2ccc(-c3ccc(Oc4ccccc4)cc3)c(Cl)c2)cc1. The molecule has 208 valence electrons. The summed E-state index contributed by atoms with van der Waals surface area (Å²) in [6.45, 7) is 5.61. The predicted molar refractivity (Wildman–Crippen MR) is 159 cm³/mol. The van der Waals surface area contributed by atoms with Crippen molar-refractivity contribution in [3.8, 4) is 22.6 Å². The van der Waals surface area contributed by atoms with Gasteiger partial charge in [-0.1, -0.05) is 78.3 Å².